The van der Waals surface area contributed by atoms with Gasteiger partial charge in [-0.3, -0.25) is 9.80 Å². The Kier molecular flexibility index (Phi) is 4.42. The molecule has 3 heteroatoms. The zero-order chi connectivity index (χ0) is 10.5. The van der Waals surface area contributed by atoms with Crippen molar-refractivity contribution in [2.45, 2.75) is 38.8 Å². The summed E-state index contributed by atoms with van der Waals surface area (Å²) in [6.07, 6.45) is 6.26. The van der Waals surface area contributed by atoms with Gasteiger partial charge in [-0.05, 0) is 45.3 Å². The molecule has 0 radical (unpaired) electrons. The van der Waals surface area contributed by atoms with E-state index in [1.165, 1.54) is 65.0 Å². The van der Waals surface area contributed by atoms with Crippen LogP contribution in [0.2, 0.25) is 0 Å². The van der Waals surface area contributed by atoms with Crippen LogP contribution in [0.1, 0.15) is 32.6 Å². The predicted octanol–water partition coefficient (Wildman–Crippen LogP) is 1.11. The molecule has 1 atom stereocenters. The molecule has 15 heavy (non-hydrogen) atoms. The molecule has 2 aliphatic heterocycles. The van der Waals surface area contributed by atoms with Crippen LogP contribution in [0.5, 0.6) is 0 Å². The average Bonchev–Trinajstić information content (AvgIpc) is 2.57. The number of nitrogens with one attached hydrogen (secondary N) is 1. The smallest absolute Gasteiger partial charge is 0.0622 e. The fourth-order valence-electron chi connectivity index (χ4n) is 2.92. The van der Waals surface area contributed by atoms with E-state index in [4.69, 9.17) is 0 Å². The largest absolute Gasteiger partial charge is 0.315 e. The lowest BCUT2D eigenvalue weighted by molar-refractivity contribution is 0.0210. The Balaban J connectivity index is 1.92. The number of hydrogen-bond acceptors (Lipinski definition) is 3. The molecule has 1 unspecified atom stereocenters. The van der Waals surface area contributed by atoms with Gasteiger partial charge in [-0.15, -0.1) is 0 Å². The summed E-state index contributed by atoms with van der Waals surface area (Å²) < 4.78 is 0. The monoisotopic (exact) mass is 211 g/mol. The molecule has 2 fully saturated rings. The van der Waals surface area contributed by atoms with Crippen molar-refractivity contribution in [3.8, 4) is 0 Å². The van der Waals surface area contributed by atoms with E-state index in [0.29, 0.717) is 0 Å². The van der Waals surface area contributed by atoms with E-state index in [0.717, 1.165) is 6.17 Å². The van der Waals surface area contributed by atoms with Gasteiger partial charge in [0.2, 0.25) is 0 Å². The highest BCUT2D eigenvalue weighted by atomic mass is 15.4. The topological polar surface area (TPSA) is 18.5 Å². The molecule has 88 valence electrons. The molecule has 0 aliphatic carbocycles. The summed E-state index contributed by atoms with van der Waals surface area (Å²) in [6.45, 7) is 9.73. The maximum Gasteiger partial charge on any atom is 0.0622 e. The number of hydrogen-bond donors (Lipinski definition) is 1. The van der Waals surface area contributed by atoms with Crippen LogP contribution >= 0.6 is 0 Å². The summed E-state index contributed by atoms with van der Waals surface area (Å²) in [4.78, 5) is 5.36. The first-order chi connectivity index (χ1) is 7.42. The van der Waals surface area contributed by atoms with Crippen molar-refractivity contribution in [3.05, 3.63) is 0 Å². The minimum Gasteiger partial charge on any atom is -0.315 e. The second-order valence-corrected chi connectivity index (χ2v) is 4.74. The molecule has 0 aromatic heterocycles. The fourth-order valence-corrected chi connectivity index (χ4v) is 2.92. The normalized spacial score (nSPS) is 31.4. The molecular weight excluding hydrogens is 186 g/mol. The molecule has 2 heterocycles. The Hall–Kier alpha value is -0.120. The summed E-state index contributed by atoms with van der Waals surface area (Å²) in [6, 6.07) is 0. The van der Waals surface area contributed by atoms with Gasteiger partial charge in [0, 0.05) is 19.6 Å². The van der Waals surface area contributed by atoms with Crippen molar-refractivity contribution >= 4 is 0 Å². The van der Waals surface area contributed by atoms with Crippen LogP contribution in [-0.2, 0) is 0 Å². The van der Waals surface area contributed by atoms with Gasteiger partial charge in [0.05, 0.1) is 6.17 Å². The Labute approximate surface area is 93.8 Å². The average molecular weight is 211 g/mol. The lowest BCUT2D eigenvalue weighted by Gasteiger charge is -2.41. The minimum atomic E-state index is 0.739. The van der Waals surface area contributed by atoms with E-state index in [2.05, 4.69) is 22.0 Å². The third-order valence-corrected chi connectivity index (χ3v) is 3.78. The van der Waals surface area contributed by atoms with Gasteiger partial charge < -0.3 is 5.32 Å². The first-order valence-electron chi connectivity index (χ1n) is 6.60. The molecule has 0 aromatic rings. The van der Waals surface area contributed by atoms with Gasteiger partial charge in [0.15, 0.2) is 0 Å². The maximum absolute atomic E-state index is 3.49. The molecule has 0 saturated carbocycles. The zero-order valence-electron chi connectivity index (χ0n) is 10.0. The van der Waals surface area contributed by atoms with Gasteiger partial charge in [0.1, 0.15) is 0 Å². The maximum atomic E-state index is 3.49. The standard InChI is InChI=1S/C12H25N3/c1-2-14-9-4-3-6-12(14)15-10-5-7-13-8-11-15/h12-13H,2-11H2,1H3. The lowest BCUT2D eigenvalue weighted by atomic mass is 10.1. The van der Waals surface area contributed by atoms with Crippen LogP contribution in [0.15, 0.2) is 0 Å². The fraction of sp³-hybridized carbons (Fsp3) is 1.00. The van der Waals surface area contributed by atoms with Crippen LogP contribution in [0.3, 0.4) is 0 Å². The van der Waals surface area contributed by atoms with Crippen molar-refractivity contribution in [2.75, 3.05) is 39.3 Å². The third-order valence-electron chi connectivity index (χ3n) is 3.78. The Morgan fingerprint density at radius 3 is 2.87 bits per heavy atom. The molecule has 0 amide bonds. The highest BCUT2D eigenvalue weighted by molar-refractivity contribution is 4.79. The summed E-state index contributed by atoms with van der Waals surface area (Å²) in [5.41, 5.74) is 0. The second-order valence-electron chi connectivity index (χ2n) is 4.74. The molecular formula is C12H25N3. The van der Waals surface area contributed by atoms with Gasteiger partial charge in [-0.25, -0.2) is 0 Å². The molecule has 0 aromatic carbocycles. The van der Waals surface area contributed by atoms with E-state index in [-0.39, 0.29) is 0 Å². The molecule has 3 nitrogen and oxygen atoms in total. The van der Waals surface area contributed by atoms with Crippen LogP contribution in [-0.4, -0.2) is 55.2 Å². The molecule has 0 bridgehead atoms. The molecule has 1 N–H and O–H groups in total. The number of likely N-dealkylation sites (tertiary alicyclic amines) is 1. The lowest BCUT2D eigenvalue weighted by Crippen LogP contribution is -2.51. The van der Waals surface area contributed by atoms with Crippen molar-refractivity contribution < 1.29 is 0 Å². The van der Waals surface area contributed by atoms with Crippen molar-refractivity contribution in [1.29, 1.82) is 0 Å². The Morgan fingerprint density at radius 1 is 1.07 bits per heavy atom. The SMILES string of the molecule is CCN1CCCCC1N1CCCNCC1. The summed E-state index contributed by atoms with van der Waals surface area (Å²) in [7, 11) is 0. The second kappa shape index (κ2) is 5.83. The first kappa shape index (κ1) is 11.4. The van der Waals surface area contributed by atoms with Crippen LogP contribution < -0.4 is 5.32 Å². The van der Waals surface area contributed by atoms with E-state index >= 15 is 0 Å². The van der Waals surface area contributed by atoms with Gasteiger partial charge >= 0.3 is 0 Å². The van der Waals surface area contributed by atoms with Crippen molar-refractivity contribution in [2.24, 2.45) is 0 Å². The number of nitrogens with zero attached hydrogens (tertiary/aromatic N) is 2. The van der Waals surface area contributed by atoms with E-state index in [1.54, 1.807) is 0 Å². The summed E-state index contributed by atoms with van der Waals surface area (Å²) in [5.74, 6) is 0. The third kappa shape index (κ3) is 2.92. The Bertz CT molecular complexity index is 176. The molecule has 0 spiro atoms. The zero-order valence-corrected chi connectivity index (χ0v) is 10.0. The highest BCUT2D eigenvalue weighted by Crippen LogP contribution is 2.20. The highest BCUT2D eigenvalue weighted by Gasteiger charge is 2.26. The van der Waals surface area contributed by atoms with E-state index < -0.39 is 0 Å². The predicted molar refractivity (Wildman–Crippen MR) is 63.9 cm³/mol. The van der Waals surface area contributed by atoms with Crippen LogP contribution in [0, 0.1) is 0 Å². The van der Waals surface area contributed by atoms with Crippen LogP contribution in [0.4, 0.5) is 0 Å². The molecule has 2 rings (SSSR count). The number of rotatable bonds is 2. The van der Waals surface area contributed by atoms with E-state index in [1.807, 2.05) is 0 Å². The number of piperidine rings is 1. The Morgan fingerprint density at radius 2 is 2.00 bits per heavy atom. The molecule has 2 saturated heterocycles. The molecule has 2 aliphatic rings. The quantitative estimate of drug-likeness (QED) is 0.738. The van der Waals surface area contributed by atoms with Crippen molar-refractivity contribution in [1.82, 2.24) is 15.1 Å². The van der Waals surface area contributed by atoms with E-state index in [9.17, 15) is 0 Å². The van der Waals surface area contributed by atoms with Gasteiger partial charge in [-0.1, -0.05) is 6.92 Å². The first-order valence-corrected chi connectivity index (χ1v) is 6.60. The van der Waals surface area contributed by atoms with Crippen molar-refractivity contribution in [3.63, 3.8) is 0 Å². The summed E-state index contributed by atoms with van der Waals surface area (Å²) >= 11 is 0. The van der Waals surface area contributed by atoms with Gasteiger partial charge in [-0.2, -0.15) is 0 Å². The minimum absolute atomic E-state index is 0.739. The van der Waals surface area contributed by atoms with Crippen LogP contribution in [0.25, 0.3) is 0 Å². The summed E-state index contributed by atoms with van der Waals surface area (Å²) in [5, 5.41) is 3.49. The van der Waals surface area contributed by atoms with Gasteiger partial charge in [0.25, 0.3) is 0 Å².